The molecule has 1 saturated heterocycles. The standard InChI is InChI=1S/C8H16N2O/c1-6(9-2)7-4-5-8(11)10(7)3/h6-7,9H,4-5H2,1-3H3. The molecule has 0 aromatic heterocycles. The molecule has 11 heavy (non-hydrogen) atoms. The minimum absolute atomic E-state index is 0.275. The van der Waals surface area contributed by atoms with Gasteiger partial charge in [-0.25, -0.2) is 0 Å². The number of nitrogens with zero attached hydrogens (tertiary/aromatic N) is 1. The molecule has 3 heteroatoms. The molecule has 0 radical (unpaired) electrons. The molecular weight excluding hydrogens is 140 g/mol. The van der Waals surface area contributed by atoms with Crippen molar-refractivity contribution in [3.05, 3.63) is 0 Å². The van der Waals surface area contributed by atoms with Crippen LogP contribution in [-0.4, -0.2) is 37.0 Å². The molecule has 2 unspecified atom stereocenters. The molecule has 2 atom stereocenters. The Morgan fingerprint density at radius 1 is 1.73 bits per heavy atom. The largest absolute Gasteiger partial charge is 0.341 e. The number of rotatable bonds is 2. The number of likely N-dealkylation sites (N-methyl/N-ethyl adjacent to an activating group) is 2. The van der Waals surface area contributed by atoms with Gasteiger partial charge in [0.25, 0.3) is 0 Å². The van der Waals surface area contributed by atoms with E-state index >= 15 is 0 Å². The molecule has 1 rings (SSSR count). The van der Waals surface area contributed by atoms with Crippen LogP contribution < -0.4 is 5.32 Å². The third-order valence-electron chi connectivity index (χ3n) is 2.58. The van der Waals surface area contributed by atoms with E-state index in [0.717, 1.165) is 6.42 Å². The predicted octanol–water partition coefficient (Wildman–Crippen LogP) is 0.215. The van der Waals surface area contributed by atoms with Gasteiger partial charge in [-0.15, -0.1) is 0 Å². The molecule has 0 saturated carbocycles. The molecule has 1 N–H and O–H groups in total. The smallest absolute Gasteiger partial charge is 0.222 e. The second-order valence-electron chi connectivity index (χ2n) is 3.19. The van der Waals surface area contributed by atoms with Crippen LogP contribution in [0.4, 0.5) is 0 Å². The van der Waals surface area contributed by atoms with Gasteiger partial charge in [-0.3, -0.25) is 4.79 Å². The van der Waals surface area contributed by atoms with Gasteiger partial charge in [0.05, 0.1) is 0 Å². The third-order valence-corrected chi connectivity index (χ3v) is 2.58. The van der Waals surface area contributed by atoms with Crippen LogP contribution in [0.1, 0.15) is 19.8 Å². The minimum atomic E-state index is 0.275. The van der Waals surface area contributed by atoms with Crippen molar-refractivity contribution >= 4 is 5.91 Å². The van der Waals surface area contributed by atoms with Crippen molar-refractivity contribution in [2.24, 2.45) is 0 Å². The first-order chi connectivity index (χ1) is 5.16. The van der Waals surface area contributed by atoms with Crippen LogP contribution in [0, 0.1) is 0 Å². The van der Waals surface area contributed by atoms with Crippen LogP contribution in [-0.2, 0) is 4.79 Å². The number of amides is 1. The Labute approximate surface area is 67.8 Å². The summed E-state index contributed by atoms with van der Waals surface area (Å²) in [6.45, 7) is 2.11. The molecule has 0 bridgehead atoms. The Hall–Kier alpha value is -0.570. The van der Waals surface area contributed by atoms with E-state index in [1.165, 1.54) is 0 Å². The maximum atomic E-state index is 11.1. The fourth-order valence-corrected chi connectivity index (χ4v) is 1.60. The van der Waals surface area contributed by atoms with Crippen molar-refractivity contribution < 1.29 is 4.79 Å². The Morgan fingerprint density at radius 3 is 2.73 bits per heavy atom. The predicted molar refractivity (Wildman–Crippen MR) is 44.3 cm³/mol. The van der Waals surface area contributed by atoms with Crippen molar-refractivity contribution in [3.8, 4) is 0 Å². The number of carbonyl (C=O) groups is 1. The zero-order chi connectivity index (χ0) is 8.43. The summed E-state index contributed by atoms with van der Waals surface area (Å²) >= 11 is 0. The quantitative estimate of drug-likeness (QED) is 0.620. The lowest BCUT2D eigenvalue weighted by Gasteiger charge is -2.25. The van der Waals surface area contributed by atoms with Crippen LogP contribution in [0.2, 0.25) is 0 Å². The summed E-state index contributed by atoms with van der Waals surface area (Å²) in [6, 6.07) is 0.805. The highest BCUT2D eigenvalue weighted by Crippen LogP contribution is 2.18. The molecule has 64 valence electrons. The first kappa shape index (κ1) is 8.53. The number of hydrogen-bond donors (Lipinski definition) is 1. The summed E-state index contributed by atoms with van der Waals surface area (Å²) in [6.07, 6.45) is 1.71. The van der Waals surface area contributed by atoms with Gasteiger partial charge in [0.15, 0.2) is 0 Å². The molecule has 0 aromatic carbocycles. The first-order valence-electron chi connectivity index (χ1n) is 4.09. The Balaban J connectivity index is 2.54. The Kier molecular flexibility index (Phi) is 2.49. The highest BCUT2D eigenvalue weighted by Gasteiger charge is 2.30. The van der Waals surface area contributed by atoms with Gasteiger partial charge in [-0.1, -0.05) is 0 Å². The van der Waals surface area contributed by atoms with E-state index in [1.54, 1.807) is 0 Å². The lowest BCUT2D eigenvalue weighted by molar-refractivity contribution is -0.127. The molecule has 1 amide bonds. The summed E-state index contributed by atoms with van der Waals surface area (Å²) < 4.78 is 0. The van der Waals surface area contributed by atoms with E-state index < -0.39 is 0 Å². The average molecular weight is 156 g/mol. The highest BCUT2D eigenvalue weighted by atomic mass is 16.2. The molecule has 0 spiro atoms. The second-order valence-corrected chi connectivity index (χ2v) is 3.19. The van der Waals surface area contributed by atoms with Gasteiger partial charge in [-0.05, 0) is 20.4 Å². The number of hydrogen-bond acceptors (Lipinski definition) is 2. The van der Waals surface area contributed by atoms with Gasteiger partial charge in [0.1, 0.15) is 0 Å². The van der Waals surface area contributed by atoms with Crippen LogP contribution >= 0.6 is 0 Å². The normalized spacial score (nSPS) is 27.7. The maximum Gasteiger partial charge on any atom is 0.222 e. The zero-order valence-corrected chi connectivity index (χ0v) is 7.42. The molecule has 1 fully saturated rings. The fraction of sp³-hybridized carbons (Fsp3) is 0.875. The summed E-state index contributed by atoms with van der Waals surface area (Å²) in [4.78, 5) is 13.0. The van der Waals surface area contributed by atoms with Crippen LogP contribution in [0.3, 0.4) is 0 Å². The molecular formula is C8H16N2O. The number of nitrogens with one attached hydrogen (secondary N) is 1. The van der Waals surface area contributed by atoms with Crippen molar-refractivity contribution in [3.63, 3.8) is 0 Å². The minimum Gasteiger partial charge on any atom is -0.341 e. The molecule has 0 aliphatic carbocycles. The van der Waals surface area contributed by atoms with Gasteiger partial charge >= 0.3 is 0 Å². The summed E-state index contributed by atoms with van der Waals surface area (Å²) in [7, 11) is 3.81. The lowest BCUT2D eigenvalue weighted by atomic mass is 10.1. The van der Waals surface area contributed by atoms with Crippen LogP contribution in [0.15, 0.2) is 0 Å². The summed E-state index contributed by atoms with van der Waals surface area (Å²) in [5.41, 5.74) is 0. The maximum absolute atomic E-state index is 11.1. The Bertz CT molecular complexity index is 158. The van der Waals surface area contributed by atoms with Crippen molar-refractivity contribution in [2.45, 2.75) is 31.8 Å². The van der Waals surface area contributed by atoms with Gasteiger partial charge in [-0.2, -0.15) is 0 Å². The summed E-state index contributed by atoms with van der Waals surface area (Å²) in [5.74, 6) is 0.275. The molecule has 0 aromatic rings. The van der Waals surface area contributed by atoms with E-state index in [4.69, 9.17) is 0 Å². The molecule has 1 heterocycles. The van der Waals surface area contributed by atoms with E-state index in [0.29, 0.717) is 18.5 Å². The number of likely N-dealkylation sites (tertiary alicyclic amines) is 1. The molecule has 1 aliphatic rings. The Morgan fingerprint density at radius 2 is 2.36 bits per heavy atom. The van der Waals surface area contributed by atoms with E-state index in [-0.39, 0.29) is 5.91 Å². The topological polar surface area (TPSA) is 32.3 Å². The SMILES string of the molecule is CNC(C)C1CCC(=O)N1C. The summed E-state index contributed by atoms with van der Waals surface area (Å²) in [5, 5.41) is 3.16. The fourth-order valence-electron chi connectivity index (χ4n) is 1.60. The number of carbonyl (C=O) groups excluding carboxylic acids is 1. The molecule has 3 nitrogen and oxygen atoms in total. The van der Waals surface area contributed by atoms with Gasteiger partial charge in [0, 0.05) is 25.6 Å². The van der Waals surface area contributed by atoms with Gasteiger partial charge < -0.3 is 10.2 Å². The molecule has 1 aliphatic heterocycles. The van der Waals surface area contributed by atoms with Crippen molar-refractivity contribution in [2.75, 3.05) is 14.1 Å². The average Bonchev–Trinajstić information content (AvgIpc) is 2.32. The second kappa shape index (κ2) is 3.22. The van der Waals surface area contributed by atoms with E-state index in [2.05, 4.69) is 12.2 Å². The first-order valence-corrected chi connectivity index (χ1v) is 4.09. The van der Waals surface area contributed by atoms with Crippen LogP contribution in [0.5, 0.6) is 0 Å². The third kappa shape index (κ3) is 1.53. The monoisotopic (exact) mass is 156 g/mol. The van der Waals surface area contributed by atoms with Gasteiger partial charge in [0.2, 0.25) is 5.91 Å². The van der Waals surface area contributed by atoms with Crippen LogP contribution in [0.25, 0.3) is 0 Å². The lowest BCUT2D eigenvalue weighted by Crippen LogP contribution is -2.43. The highest BCUT2D eigenvalue weighted by molar-refractivity contribution is 5.78. The zero-order valence-electron chi connectivity index (χ0n) is 7.42. The van der Waals surface area contributed by atoms with Crippen molar-refractivity contribution in [1.29, 1.82) is 0 Å². The van der Waals surface area contributed by atoms with Crippen molar-refractivity contribution in [1.82, 2.24) is 10.2 Å². The van der Waals surface area contributed by atoms with E-state index in [9.17, 15) is 4.79 Å². The van der Waals surface area contributed by atoms with E-state index in [1.807, 2.05) is 19.0 Å².